The van der Waals surface area contributed by atoms with Crippen LogP contribution >= 0.6 is 22.9 Å². The summed E-state index contributed by atoms with van der Waals surface area (Å²) in [6.07, 6.45) is 3.51. The average Bonchev–Trinajstić information content (AvgIpc) is 2.95. The van der Waals surface area contributed by atoms with Gasteiger partial charge in [-0.25, -0.2) is 9.97 Å². The highest BCUT2D eigenvalue weighted by atomic mass is 35.5. The molecule has 0 saturated carbocycles. The molecule has 6 heteroatoms. The molecule has 4 rings (SSSR count). The molecule has 0 fully saturated rings. The summed E-state index contributed by atoms with van der Waals surface area (Å²) in [5.74, 6) is 1.40. The number of hydrogen-bond donors (Lipinski definition) is 1. The summed E-state index contributed by atoms with van der Waals surface area (Å²) in [4.78, 5) is 15.5. The normalized spacial score (nSPS) is 11.0. The SMILES string of the molecule is Cc1sc2nc(-c3cccnc3)nc(NCc3ccccc3)c2c1Cl. The number of hydrogen-bond acceptors (Lipinski definition) is 5. The summed E-state index contributed by atoms with van der Waals surface area (Å²) < 4.78 is 0. The lowest BCUT2D eigenvalue weighted by molar-refractivity contribution is 1.11. The summed E-state index contributed by atoms with van der Waals surface area (Å²) in [5, 5.41) is 5.02. The first kappa shape index (κ1) is 16.0. The quantitative estimate of drug-likeness (QED) is 0.530. The molecule has 3 heterocycles. The van der Waals surface area contributed by atoms with Crippen molar-refractivity contribution in [2.75, 3.05) is 5.32 Å². The van der Waals surface area contributed by atoms with Gasteiger partial charge in [0, 0.05) is 29.4 Å². The van der Waals surface area contributed by atoms with Gasteiger partial charge in [-0.3, -0.25) is 4.98 Å². The second kappa shape index (κ2) is 6.78. The topological polar surface area (TPSA) is 50.7 Å². The van der Waals surface area contributed by atoms with Gasteiger partial charge >= 0.3 is 0 Å². The van der Waals surface area contributed by atoms with Crippen molar-refractivity contribution in [1.82, 2.24) is 15.0 Å². The van der Waals surface area contributed by atoms with Gasteiger partial charge in [0.2, 0.25) is 0 Å². The Kier molecular flexibility index (Phi) is 4.34. The van der Waals surface area contributed by atoms with Crippen LogP contribution in [0.1, 0.15) is 10.4 Å². The van der Waals surface area contributed by atoms with Crippen molar-refractivity contribution in [2.24, 2.45) is 0 Å². The minimum atomic E-state index is 0.647. The predicted molar refractivity (Wildman–Crippen MR) is 104 cm³/mol. The Hall–Kier alpha value is -2.50. The van der Waals surface area contributed by atoms with Gasteiger partial charge < -0.3 is 5.32 Å². The second-order valence-electron chi connectivity index (χ2n) is 5.63. The van der Waals surface area contributed by atoms with Crippen LogP contribution in [0.15, 0.2) is 54.9 Å². The monoisotopic (exact) mass is 366 g/mol. The molecule has 25 heavy (non-hydrogen) atoms. The number of fused-ring (bicyclic) bond motifs is 1. The Morgan fingerprint density at radius 3 is 2.68 bits per heavy atom. The molecule has 0 spiro atoms. The van der Waals surface area contributed by atoms with Crippen LogP contribution in [-0.4, -0.2) is 15.0 Å². The van der Waals surface area contributed by atoms with E-state index in [0.29, 0.717) is 17.4 Å². The molecule has 0 aliphatic rings. The zero-order chi connectivity index (χ0) is 17.2. The molecule has 0 bridgehead atoms. The van der Waals surface area contributed by atoms with Gasteiger partial charge in [0.15, 0.2) is 5.82 Å². The third-order valence-electron chi connectivity index (χ3n) is 3.88. The van der Waals surface area contributed by atoms with E-state index < -0.39 is 0 Å². The van der Waals surface area contributed by atoms with E-state index in [1.807, 2.05) is 37.3 Å². The minimum absolute atomic E-state index is 0.647. The van der Waals surface area contributed by atoms with Gasteiger partial charge in [-0.2, -0.15) is 0 Å². The highest BCUT2D eigenvalue weighted by Crippen LogP contribution is 2.38. The number of halogens is 1. The third-order valence-corrected chi connectivity index (χ3v) is 5.46. The van der Waals surface area contributed by atoms with Crippen LogP contribution in [0, 0.1) is 6.92 Å². The molecule has 0 aliphatic carbocycles. The van der Waals surface area contributed by atoms with Gasteiger partial charge in [0.05, 0.1) is 10.4 Å². The van der Waals surface area contributed by atoms with Gasteiger partial charge in [0.25, 0.3) is 0 Å². The first-order valence-electron chi connectivity index (χ1n) is 7.87. The van der Waals surface area contributed by atoms with Gasteiger partial charge in [0.1, 0.15) is 10.6 Å². The molecule has 4 nitrogen and oxygen atoms in total. The van der Waals surface area contributed by atoms with Gasteiger partial charge in [-0.15, -0.1) is 11.3 Å². The van der Waals surface area contributed by atoms with E-state index in [-0.39, 0.29) is 0 Å². The molecule has 0 atom stereocenters. The Morgan fingerprint density at radius 1 is 1.08 bits per heavy atom. The first-order valence-corrected chi connectivity index (χ1v) is 9.06. The van der Waals surface area contributed by atoms with E-state index in [2.05, 4.69) is 27.4 Å². The molecule has 0 saturated heterocycles. The van der Waals surface area contributed by atoms with Gasteiger partial charge in [-0.1, -0.05) is 41.9 Å². The lowest BCUT2D eigenvalue weighted by Crippen LogP contribution is -2.03. The number of benzene rings is 1. The van der Waals surface area contributed by atoms with E-state index >= 15 is 0 Å². The Morgan fingerprint density at radius 2 is 1.92 bits per heavy atom. The van der Waals surface area contributed by atoms with Crippen LogP contribution < -0.4 is 5.32 Å². The molecule has 4 aromatic rings. The lowest BCUT2D eigenvalue weighted by Gasteiger charge is -2.09. The molecule has 0 unspecified atom stereocenters. The molecule has 3 aromatic heterocycles. The van der Waals surface area contributed by atoms with E-state index in [9.17, 15) is 0 Å². The zero-order valence-corrected chi connectivity index (χ0v) is 15.1. The summed E-state index contributed by atoms with van der Waals surface area (Å²) >= 11 is 8.08. The molecule has 1 aromatic carbocycles. The largest absolute Gasteiger partial charge is 0.365 e. The number of nitrogens with zero attached hydrogens (tertiary/aromatic N) is 3. The van der Waals surface area contributed by atoms with Crippen LogP contribution in [0.2, 0.25) is 5.02 Å². The summed E-state index contributed by atoms with van der Waals surface area (Å²) in [5.41, 5.74) is 2.06. The standard InChI is InChI=1S/C19H15ClN4S/c1-12-16(20)15-18(22-10-13-6-3-2-4-7-13)23-17(24-19(15)25-12)14-8-5-9-21-11-14/h2-9,11H,10H2,1H3,(H,22,23,24). The van der Waals surface area contributed by atoms with E-state index in [1.165, 1.54) is 5.56 Å². The molecule has 0 aliphatic heterocycles. The second-order valence-corrected chi connectivity index (χ2v) is 7.21. The minimum Gasteiger partial charge on any atom is -0.365 e. The summed E-state index contributed by atoms with van der Waals surface area (Å²) in [7, 11) is 0. The fraction of sp³-hybridized carbons (Fsp3) is 0.105. The van der Waals surface area contributed by atoms with Crippen LogP contribution in [-0.2, 0) is 6.54 Å². The van der Waals surface area contributed by atoms with Crippen LogP contribution in [0.5, 0.6) is 0 Å². The van der Waals surface area contributed by atoms with Crippen molar-refractivity contribution < 1.29 is 0 Å². The van der Waals surface area contributed by atoms with Crippen LogP contribution in [0.3, 0.4) is 0 Å². The predicted octanol–water partition coefficient (Wildman–Crippen LogP) is 5.33. The number of aromatic nitrogens is 3. The van der Waals surface area contributed by atoms with E-state index in [0.717, 1.165) is 26.5 Å². The van der Waals surface area contributed by atoms with Crippen LogP contribution in [0.25, 0.3) is 21.6 Å². The maximum Gasteiger partial charge on any atom is 0.164 e. The van der Waals surface area contributed by atoms with Crippen molar-refractivity contribution in [3.8, 4) is 11.4 Å². The number of thiophene rings is 1. The number of pyridine rings is 1. The smallest absolute Gasteiger partial charge is 0.164 e. The molecule has 124 valence electrons. The van der Waals surface area contributed by atoms with Crippen LogP contribution in [0.4, 0.5) is 5.82 Å². The van der Waals surface area contributed by atoms with E-state index in [1.54, 1.807) is 23.7 Å². The highest BCUT2D eigenvalue weighted by Gasteiger charge is 2.16. The maximum absolute atomic E-state index is 6.50. The zero-order valence-electron chi connectivity index (χ0n) is 13.5. The van der Waals surface area contributed by atoms with Crippen molar-refractivity contribution in [3.63, 3.8) is 0 Å². The average molecular weight is 367 g/mol. The van der Waals surface area contributed by atoms with Crippen molar-refractivity contribution >= 4 is 39.0 Å². The maximum atomic E-state index is 6.50. The molecule has 0 amide bonds. The van der Waals surface area contributed by atoms with E-state index in [4.69, 9.17) is 16.6 Å². The number of nitrogens with one attached hydrogen (secondary N) is 1. The first-order chi connectivity index (χ1) is 12.2. The Bertz CT molecular complexity index is 1020. The van der Waals surface area contributed by atoms with Crippen molar-refractivity contribution in [1.29, 1.82) is 0 Å². The molecular weight excluding hydrogens is 352 g/mol. The lowest BCUT2D eigenvalue weighted by atomic mass is 10.2. The molecule has 1 N–H and O–H groups in total. The fourth-order valence-corrected chi connectivity index (χ4v) is 3.88. The summed E-state index contributed by atoms with van der Waals surface area (Å²) in [6, 6.07) is 14.0. The highest BCUT2D eigenvalue weighted by molar-refractivity contribution is 7.19. The number of anilines is 1. The molecular formula is C19H15ClN4S. The number of aryl methyl sites for hydroxylation is 1. The van der Waals surface area contributed by atoms with Gasteiger partial charge in [-0.05, 0) is 24.6 Å². The van der Waals surface area contributed by atoms with Crippen molar-refractivity contribution in [3.05, 3.63) is 70.3 Å². The fourth-order valence-electron chi connectivity index (χ4n) is 2.61. The summed E-state index contributed by atoms with van der Waals surface area (Å²) in [6.45, 7) is 2.67. The van der Waals surface area contributed by atoms with Crippen molar-refractivity contribution in [2.45, 2.75) is 13.5 Å². The number of rotatable bonds is 4. The molecule has 0 radical (unpaired) electrons. The third kappa shape index (κ3) is 3.21. The Labute approximate surface area is 154 Å². The Balaban J connectivity index is 1.80.